The summed E-state index contributed by atoms with van der Waals surface area (Å²) < 4.78 is 6.77. The number of benzene rings is 1. The molecular weight excluding hydrogens is 478 g/mol. The van der Waals surface area contributed by atoms with Crippen molar-refractivity contribution in [3.63, 3.8) is 0 Å². The van der Waals surface area contributed by atoms with E-state index in [-0.39, 0.29) is 29.5 Å². The number of hydrogen-bond donors (Lipinski definition) is 4. The van der Waals surface area contributed by atoms with Crippen molar-refractivity contribution in [3.05, 3.63) is 59.0 Å². The van der Waals surface area contributed by atoms with E-state index in [0.29, 0.717) is 29.8 Å². The first-order valence-corrected chi connectivity index (χ1v) is 12.0. The molecule has 0 radical (unpaired) electrons. The zero-order valence-electron chi connectivity index (χ0n) is 20.8. The molecule has 4 rings (SSSR count). The molecule has 0 unspecified atom stereocenters. The molecule has 2 atom stereocenters. The summed E-state index contributed by atoms with van der Waals surface area (Å²) >= 11 is 0. The number of nitrogens with one attached hydrogen (secondary N) is 4. The molecule has 0 bridgehead atoms. The molecule has 0 saturated heterocycles. The van der Waals surface area contributed by atoms with Crippen LogP contribution in [0.1, 0.15) is 76.1 Å². The molecule has 37 heavy (non-hydrogen) atoms. The van der Waals surface area contributed by atoms with Gasteiger partial charge in [0.05, 0.1) is 5.69 Å². The van der Waals surface area contributed by atoms with Gasteiger partial charge in [-0.1, -0.05) is 12.1 Å². The molecule has 12 heteroatoms. The molecule has 0 aliphatic heterocycles. The fraction of sp³-hybridized carbons (Fsp3) is 0.360. The highest BCUT2D eigenvalue weighted by molar-refractivity contribution is 6.08. The number of amides is 3. The molecule has 1 aliphatic rings. The zero-order valence-corrected chi connectivity index (χ0v) is 20.8. The number of alkyl carbamates (subject to hydrolysis) is 1. The van der Waals surface area contributed by atoms with Crippen molar-refractivity contribution < 1.29 is 23.9 Å². The van der Waals surface area contributed by atoms with E-state index >= 15 is 0 Å². The number of carbonyl (C=O) groups is 4. The minimum Gasteiger partial charge on any atom is -0.446 e. The van der Waals surface area contributed by atoms with Gasteiger partial charge in [-0.25, -0.2) is 4.79 Å². The number of rotatable bonds is 8. The number of para-hydroxylation sites is 1. The van der Waals surface area contributed by atoms with Crippen LogP contribution in [0.25, 0.3) is 0 Å². The summed E-state index contributed by atoms with van der Waals surface area (Å²) in [7, 11) is 1.55. The maximum absolute atomic E-state index is 12.9. The maximum Gasteiger partial charge on any atom is 0.407 e. The number of anilines is 2. The predicted octanol–water partition coefficient (Wildman–Crippen LogP) is 3.23. The predicted molar refractivity (Wildman–Crippen MR) is 135 cm³/mol. The first-order chi connectivity index (χ1) is 17.7. The third kappa shape index (κ3) is 6.21. The molecule has 194 valence electrons. The van der Waals surface area contributed by atoms with Crippen LogP contribution in [-0.2, 0) is 11.8 Å². The molecule has 3 aromatic rings. The summed E-state index contributed by atoms with van der Waals surface area (Å²) in [4.78, 5) is 48.5. The number of aromatic nitrogens is 4. The Labute approximate surface area is 213 Å². The molecule has 4 N–H and O–H groups in total. The third-order valence-corrected chi connectivity index (χ3v) is 6.02. The topological polar surface area (TPSA) is 160 Å². The Hall–Kier alpha value is -4.48. The fourth-order valence-corrected chi connectivity index (χ4v) is 4.23. The maximum atomic E-state index is 12.9. The highest BCUT2D eigenvalue weighted by Crippen LogP contribution is 2.35. The van der Waals surface area contributed by atoms with Crippen molar-refractivity contribution >= 4 is 35.7 Å². The van der Waals surface area contributed by atoms with E-state index in [0.717, 1.165) is 18.5 Å². The minimum absolute atomic E-state index is 0.00699. The molecule has 1 aromatic carbocycles. The number of aromatic amines is 1. The van der Waals surface area contributed by atoms with Crippen LogP contribution >= 0.6 is 0 Å². The van der Waals surface area contributed by atoms with Gasteiger partial charge in [0.2, 0.25) is 0 Å². The monoisotopic (exact) mass is 507 g/mol. The SMILES string of the molecule is CC(C)NC(=O)O[C@@H]1CC[C@H](c2cc(NC(=O)c3cc(C(=O)Nc4ccccc4C=O)nn3C)n[nH]2)C1. The standard InChI is InChI=1S/C25H29N7O5/c1-14(2)26-25(36)37-17-9-8-15(10-17)19-12-22(30-29-19)28-24(35)21-11-20(31-32(21)3)23(34)27-18-7-5-4-6-16(18)13-33/h4-7,11-15,17H,8-10H2,1-3H3,(H,26,36)(H,27,34)(H2,28,29,30,35)/t15-,17+/m0/s1. The Morgan fingerprint density at radius 2 is 1.92 bits per heavy atom. The highest BCUT2D eigenvalue weighted by Gasteiger charge is 2.30. The summed E-state index contributed by atoms with van der Waals surface area (Å²) in [6.45, 7) is 3.74. The fourth-order valence-electron chi connectivity index (χ4n) is 4.23. The molecule has 2 aromatic heterocycles. The van der Waals surface area contributed by atoms with Gasteiger partial charge in [0, 0.05) is 42.4 Å². The second-order valence-corrected chi connectivity index (χ2v) is 9.20. The van der Waals surface area contributed by atoms with Crippen LogP contribution in [0.4, 0.5) is 16.3 Å². The quantitative estimate of drug-likeness (QED) is 0.340. The van der Waals surface area contributed by atoms with Crippen LogP contribution in [0.2, 0.25) is 0 Å². The first kappa shape index (κ1) is 25.6. The second kappa shape index (κ2) is 11.1. The van der Waals surface area contributed by atoms with Crippen LogP contribution in [0.15, 0.2) is 36.4 Å². The lowest BCUT2D eigenvalue weighted by molar-refractivity contribution is 0.0978. The van der Waals surface area contributed by atoms with Gasteiger partial charge in [-0.15, -0.1) is 0 Å². The van der Waals surface area contributed by atoms with E-state index in [9.17, 15) is 19.2 Å². The molecule has 12 nitrogen and oxygen atoms in total. The smallest absolute Gasteiger partial charge is 0.407 e. The molecule has 1 fully saturated rings. The lowest BCUT2D eigenvalue weighted by Gasteiger charge is -2.14. The minimum atomic E-state index is -0.550. The Morgan fingerprint density at radius 1 is 1.14 bits per heavy atom. The highest BCUT2D eigenvalue weighted by atomic mass is 16.6. The summed E-state index contributed by atoms with van der Waals surface area (Å²) in [5.41, 5.74) is 1.70. The van der Waals surface area contributed by atoms with Gasteiger partial charge >= 0.3 is 6.09 Å². The van der Waals surface area contributed by atoms with Crippen LogP contribution in [0.5, 0.6) is 0 Å². The molecule has 1 aliphatic carbocycles. The summed E-state index contributed by atoms with van der Waals surface area (Å²) in [5, 5.41) is 19.3. The Morgan fingerprint density at radius 3 is 2.68 bits per heavy atom. The van der Waals surface area contributed by atoms with Crippen LogP contribution in [-0.4, -0.2) is 56.3 Å². The van der Waals surface area contributed by atoms with Gasteiger partial charge in [0.1, 0.15) is 11.8 Å². The van der Waals surface area contributed by atoms with Crippen molar-refractivity contribution in [2.75, 3.05) is 10.6 Å². The second-order valence-electron chi connectivity index (χ2n) is 9.20. The number of nitrogens with zero attached hydrogens (tertiary/aromatic N) is 3. The third-order valence-electron chi connectivity index (χ3n) is 6.02. The van der Waals surface area contributed by atoms with E-state index in [4.69, 9.17) is 4.74 Å². The van der Waals surface area contributed by atoms with Crippen molar-refractivity contribution in [2.45, 2.75) is 51.2 Å². The van der Waals surface area contributed by atoms with E-state index in [2.05, 4.69) is 31.2 Å². The molecule has 1 saturated carbocycles. The summed E-state index contributed by atoms with van der Waals surface area (Å²) in [6.07, 6.45) is 2.27. The number of H-pyrrole nitrogens is 1. The average molecular weight is 508 g/mol. The normalized spacial score (nSPS) is 16.9. The van der Waals surface area contributed by atoms with Crippen LogP contribution in [0.3, 0.4) is 0 Å². The van der Waals surface area contributed by atoms with E-state index < -0.39 is 17.9 Å². The van der Waals surface area contributed by atoms with Gasteiger partial charge in [-0.2, -0.15) is 10.2 Å². The molecule has 3 amide bonds. The lowest BCUT2D eigenvalue weighted by Crippen LogP contribution is -2.33. The van der Waals surface area contributed by atoms with Crippen molar-refractivity contribution in [2.24, 2.45) is 7.05 Å². The number of aldehydes is 1. The number of carbonyl (C=O) groups excluding carboxylic acids is 4. The van der Waals surface area contributed by atoms with Crippen molar-refractivity contribution in [3.8, 4) is 0 Å². The average Bonchev–Trinajstić information content (AvgIpc) is 3.59. The molecule has 0 spiro atoms. The van der Waals surface area contributed by atoms with Gasteiger partial charge in [0.25, 0.3) is 11.8 Å². The van der Waals surface area contributed by atoms with Crippen molar-refractivity contribution in [1.82, 2.24) is 25.3 Å². The van der Waals surface area contributed by atoms with Gasteiger partial charge < -0.3 is 20.7 Å². The summed E-state index contributed by atoms with van der Waals surface area (Å²) in [6, 6.07) is 9.69. The largest absolute Gasteiger partial charge is 0.446 e. The Balaban J connectivity index is 1.36. The zero-order chi connectivity index (χ0) is 26.5. The number of hydrogen-bond acceptors (Lipinski definition) is 7. The van der Waals surface area contributed by atoms with Gasteiger partial charge in [-0.3, -0.25) is 24.2 Å². The number of aryl methyl sites for hydroxylation is 1. The van der Waals surface area contributed by atoms with Gasteiger partial charge in [-0.05, 0) is 45.2 Å². The van der Waals surface area contributed by atoms with Gasteiger partial charge in [0.15, 0.2) is 17.8 Å². The van der Waals surface area contributed by atoms with E-state index in [1.807, 2.05) is 13.8 Å². The summed E-state index contributed by atoms with van der Waals surface area (Å²) in [5.74, 6) is -0.588. The lowest BCUT2D eigenvalue weighted by atomic mass is 10.0. The van der Waals surface area contributed by atoms with E-state index in [1.54, 1.807) is 37.4 Å². The first-order valence-electron chi connectivity index (χ1n) is 12.0. The number of ether oxygens (including phenoxy) is 1. The van der Waals surface area contributed by atoms with E-state index in [1.165, 1.54) is 10.7 Å². The molecule has 2 heterocycles. The Bertz CT molecular complexity index is 1310. The van der Waals surface area contributed by atoms with Crippen LogP contribution < -0.4 is 16.0 Å². The Kier molecular flexibility index (Phi) is 7.66. The molecular formula is C25H29N7O5. The van der Waals surface area contributed by atoms with Crippen LogP contribution in [0, 0.1) is 0 Å². The van der Waals surface area contributed by atoms with Crippen molar-refractivity contribution in [1.29, 1.82) is 0 Å².